The Bertz CT molecular complexity index is 684. The number of aromatic nitrogens is 2. The first kappa shape index (κ1) is 13.2. The maximum absolute atomic E-state index is 11.7. The van der Waals surface area contributed by atoms with Crippen molar-refractivity contribution in [1.29, 1.82) is 5.26 Å². The number of rotatable bonds is 4. The number of hydrogen-bond donors (Lipinski definition) is 1. The fourth-order valence-electron chi connectivity index (χ4n) is 1.51. The van der Waals surface area contributed by atoms with E-state index in [-0.39, 0.29) is 18.3 Å². The van der Waals surface area contributed by atoms with E-state index in [1.165, 1.54) is 16.9 Å². The number of nitro groups is 1. The van der Waals surface area contributed by atoms with Gasteiger partial charge in [0.1, 0.15) is 6.54 Å². The second kappa shape index (κ2) is 5.62. The third-order valence-corrected chi connectivity index (χ3v) is 2.42. The summed E-state index contributed by atoms with van der Waals surface area (Å²) in [6, 6.07) is 9.54. The number of amides is 1. The van der Waals surface area contributed by atoms with Gasteiger partial charge in [0.15, 0.2) is 0 Å². The molecule has 0 radical (unpaired) electrons. The van der Waals surface area contributed by atoms with Crippen LogP contribution in [0.5, 0.6) is 0 Å². The number of nitrogens with one attached hydrogen (secondary N) is 1. The van der Waals surface area contributed by atoms with Gasteiger partial charge in [-0.2, -0.15) is 9.94 Å². The van der Waals surface area contributed by atoms with Crippen molar-refractivity contribution in [2.75, 3.05) is 5.32 Å². The first-order chi connectivity index (χ1) is 9.58. The molecule has 0 saturated heterocycles. The first-order valence-electron chi connectivity index (χ1n) is 5.56. The Labute approximate surface area is 113 Å². The average Bonchev–Trinajstić information content (AvgIpc) is 2.88. The van der Waals surface area contributed by atoms with Crippen molar-refractivity contribution in [3.05, 3.63) is 52.2 Å². The van der Waals surface area contributed by atoms with Gasteiger partial charge < -0.3 is 15.4 Å². The lowest BCUT2D eigenvalue weighted by molar-refractivity contribution is -0.389. The highest BCUT2D eigenvalue weighted by atomic mass is 16.6. The summed E-state index contributed by atoms with van der Waals surface area (Å²) in [6.45, 7) is -0.131. The van der Waals surface area contributed by atoms with Crippen LogP contribution in [0, 0.1) is 21.4 Å². The zero-order valence-electron chi connectivity index (χ0n) is 10.2. The zero-order chi connectivity index (χ0) is 14.5. The molecule has 8 nitrogen and oxygen atoms in total. The van der Waals surface area contributed by atoms with Gasteiger partial charge in [-0.3, -0.25) is 4.79 Å². The summed E-state index contributed by atoms with van der Waals surface area (Å²) in [4.78, 5) is 21.5. The maximum Gasteiger partial charge on any atom is 0.389 e. The van der Waals surface area contributed by atoms with Gasteiger partial charge in [0.05, 0.1) is 29.0 Å². The summed E-state index contributed by atoms with van der Waals surface area (Å²) < 4.78 is 1.18. The standard InChI is InChI=1S/C12H9N5O3/c13-7-9-1-3-10(4-2-9)14-12(18)8-16-6-5-11(15-16)17(19)20/h1-6H,8H2,(H,14,18). The van der Waals surface area contributed by atoms with Crippen LogP contribution in [0.1, 0.15) is 5.56 Å². The summed E-state index contributed by atoms with van der Waals surface area (Å²) in [5.41, 5.74) is 1.03. The monoisotopic (exact) mass is 271 g/mol. The van der Waals surface area contributed by atoms with E-state index in [1.54, 1.807) is 24.3 Å². The van der Waals surface area contributed by atoms with Crippen LogP contribution >= 0.6 is 0 Å². The minimum atomic E-state index is -0.630. The molecular formula is C12H9N5O3. The van der Waals surface area contributed by atoms with Crippen molar-refractivity contribution in [2.45, 2.75) is 6.54 Å². The van der Waals surface area contributed by atoms with Gasteiger partial charge in [-0.15, -0.1) is 0 Å². The van der Waals surface area contributed by atoms with Gasteiger partial charge in [0, 0.05) is 5.69 Å². The molecule has 1 amide bonds. The maximum atomic E-state index is 11.7. The second-order valence-corrected chi connectivity index (χ2v) is 3.87. The first-order valence-corrected chi connectivity index (χ1v) is 5.56. The van der Waals surface area contributed by atoms with E-state index in [1.807, 2.05) is 6.07 Å². The third kappa shape index (κ3) is 3.17. The van der Waals surface area contributed by atoms with Crippen LogP contribution in [0.4, 0.5) is 11.5 Å². The SMILES string of the molecule is N#Cc1ccc(NC(=O)Cn2ccc([N+](=O)[O-])n2)cc1. The van der Waals surface area contributed by atoms with Crippen LogP contribution in [0.2, 0.25) is 0 Å². The molecule has 0 saturated carbocycles. The topological polar surface area (TPSA) is 114 Å². The van der Waals surface area contributed by atoms with Gasteiger partial charge in [-0.25, -0.2) is 0 Å². The molecule has 20 heavy (non-hydrogen) atoms. The molecule has 0 atom stereocenters. The molecule has 1 N–H and O–H groups in total. The quantitative estimate of drug-likeness (QED) is 0.665. The van der Waals surface area contributed by atoms with Crippen molar-refractivity contribution >= 4 is 17.4 Å². The molecule has 0 spiro atoms. The van der Waals surface area contributed by atoms with E-state index in [4.69, 9.17) is 5.26 Å². The Morgan fingerprint density at radius 3 is 2.65 bits per heavy atom. The van der Waals surface area contributed by atoms with Gasteiger partial charge in [-0.1, -0.05) is 0 Å². The molecule has 0 aliphatic heterocycles. The molecule has 2 aromatic rings. The third-order valence-electron chi connectivity index (χ3n) is 2.42. The van der Waals surface area contributed by atoms with E-state index in [0.717, 1.165) is 0 Å². The van der Waals surface area contributed by atoms with E-state index in [9.17, 15) is 14.9 Å². The van der Waals surface area contributed by atoms with Crippen LogP contribution < -0.4 is 5.32 Å². The summed E-state index contributed by atoms with van der Waals surface area (Å²) in [7, 11) is 0. The molecule has 1 heterocycles. The Morgan fingerprint density at radius 1 is 1.40 bits per heavy atom. The minimum Gasteiger partial charge on any atom is -0.358 e. The van der Waals surface area contributed by atoms with E-state index >= 15 is 0 Å². The number of nitrogens with zero attached hydrogens (tertiary/aromatic N) is 4. The normalized spacial score (nSPS) is 9.75. The molecule has 8 heteroatoms. The number of benzene rings is 1. The van der Waals surface area contributed by atoms with E-state index < -0.39 is 4.92 Å². The van der Waals surface area contributed by atoms with Crippen molar-refractivity contribution < 1.29 is 9.72 Å². The highest BCUT2D eigenvalue weighted by molar-refractivity contribution is 5.90. The lowest BCUT2D eigenvalue weighted by Crippen LogP contribution is -2.19. The molecule has 1 aromatic carbocycles. The number of carbonyl (C=O) groups is 1. The summed E-state index contributed by atoms with van der Waals surface area (Å²) >= 11 is 0. The molecule has 0 fully saturated rings. The average molecular weight is 271 g/mol. The Balaban J connectivity index is 1.97. The molecule has 2 rings (SSSR count). The number of anilines is 1. The van der Waals surface area contributed by atoms with Crippen LogP contribution in [-0.4, -0.2) is 20.6 Å². The summed E-state index contributed by atoms with van der Waals surface area (Å²) in [6.07, 6.45) is 1.36. The summed E-state index contributed by atoms with van der Waals surface area (Å²) in [5, 5.41) is 25.3. The van der Waals surface area contributed by atoms with Crippen molar-refractivity contribution in [3.8, 4) is 6.07 Å². The fraction of sp³-hybridized carbons (Fsp3) is 0.0833. The molecule has 100 valence electrons. The summed E-state index contributed by atoms with van der Waals surface area (Å²) in [5.74, 6) is -0.677. The van der Waals surface area contributed by atoms with E-state index in [0.29, 0.717) is 11.3 Å². The number of carbonyl (C=O) groups excluding carboxylic acids is 1. The van der Waals surface area contributed by atoms with Crippen LogP contribution in [-0.2, 0) is 11.3 Å². The fourth-order valence-corrected chi connectivity index (χ4v) is 1.51. The van der Waals surface area contributed by atoms with Crippen LogP contribution in [0.15, 0.2) is 36.5 Å². The zero-order valence-corrected chi connectivity index (χ0v) is 10.2. The van der Waals surface area contributed by atoms with Crippen molar-refractivity contribution in [3.63, 3.8) is 0 Å². The van der Waals surface area contributed by atoms with Crippen LogP contribution in [0.25, 0.3) is 0 Å². The molecule has 0 aliphatic rings. The number of nitriles is 1. The van der Waals surface area contributed by atoms with Crippen molar-refractivity contribution in [2.24, 2.45) is 0 Å². The molecule has 0 bridgehead atoms. The molecule has 0 aliphatic carbocycles. The van der Waals surface area contributed by atoms with Crippen LogP contribution in [0.3, 0.4) is 0 Å². The number of hydrogen-bond acceptors (Lipinski definition) is 5. The van der Waals surface area contributed by atoms with Gasteiger partial charge in [0.2, 0.25) is 5.91 Å². The van der Waals surface area contributed by atoms with E-state index in [2.05, 4.69) is 10.4 Å². The molecule has 1 aromatic heterocycles. The Morgan fingerprint density at radius 2 is 2.10 bits per heavy atom. The minimum absolute atomic E-state index is 0.131. The van der Waals surface area contributed by atoms with Crippen molar-refractivity contribution in [1.82, 2.24) is 9.78 Å². The van der Waals surface area contributed by atoms with Gasteiger partial charge >= 0.3 is 5.82 Å². The Kier molecular flexibility index (Phi) is 3.72. The predicted molar refractivity (Wildman–Crippen MR) is 68.7 cm³/mol. The lowest BCUT2D eigenvalue weighted by Gasteiger charge is -2.03. The lowest BCUT2D eigenvalue weighted by atomic mass is 10.2. The van der Waals surface area contributed by atoms with Gasteiger partial charge in [-0.05, 0) is 29.2 Å². The molecular weight excluding hydrogens is 262 g/mol. The van der Waals surface area contributed by atoms with Gasteiger partial charge in [0.25, 0.3) is 0 Å². The highest BCUT2D eigenvalue weighted by Crippen LogP contribution is 2.09. The Hall–Kier alpha value is -3.21. The largest absolute Gasteiger partial charge is 0.389 e. The predicted octanol–water partition coefficient (Wildman–Crippen LogP) is 1.30. The second-order valence-electron chi connectivity index (χ2n) is 3.87. The highest BCUT2D eigenvalue weighted by Gasteiger charge is 2.13. The smallest absolute Gasteiger partial charge is 0.358 e. The molecule has 0 unspecified atom stereocenters.